The highest BCUT2D eigenvalue weighted by Crippen LogP contribution is 2.65. The van der Waals surface area contributed by atoms with Gasteiger partial charge in [-0.15, -0.1) is 0 Å². The second-order valence-corrected chi connectivity index (χ2v) is 10.9. The smallest absolute Gasteiger partial charge is 0.226 e. The molecule has 0 saturated carbocycles. The normalized spacial score (nSPS) is 27.3. The molecule has 0 heterocycles. The van der Waals surface area contributed by atoms with E-state index in [1.54, 1.807) is 0 Å². The Morgan fingerprint density at radius 3 is 0.947 bits per heavy atom. The van der Waals surface area contributed by atoms with Crippen LogP contribution in [-0.4, -0.2) is 23.1 Å². The van der Waals surface area contributed by atoms with Crippen LogP contribution >= 0.6 is 0 Å². The van der Waals surface area contributed by atoms with E-state index in [4.69, 9.17) is 0 Å². The number of hydrogen-bond donors (Lipinski definition) is 0. The maximum Gasteiger partial charge on any atom is 0.226 e. The van der Waals surface area contributed by atoms with Crippen molar-refractivity contribution in [3.8, 4) is 0 Å². The third-order valence-corrected chi connectivity index (χ3v) is 9.34. The van der Waals surface area contributed by atoms with Crippen molar-refractivity contribution in [3.05, 3.63) is 152 Å². The predicted molar refractivity (Wildman–Crippen MR) is 139 cm³/mol. The van der Waals surface area contributed by atoms with Crippen LogP contribution in [0, 0.1) is 0 Å². The van der Waals surface area contributed by atoms with E-state index in [0.717, 1.165) is 33.4 Å². The van der Waals surface area contributed by atoms with Gasteiger partial charge in [0, 0.05) is 46.0 Å². The van der Waals surface area contributed by atoms with E-state index in [2.05, 4.69) is 24.3 Å². The lowest BCUT2D eigenvalue weighted by atomic mass is 9.50. The molecular weight excluding hydrogens is 472 g/mol. The van der Waals surface area contributed by atoms with Gasteiger partial charge in [-0.3, -0.25) is 19.2 Å². The van der Waals surface area contributed by atoms with Crippen LogP contribution in [0.5, 0.6) is 0 Å². The van der Waals surface area contributed by atoms with Crippen molar-refractivity contribution in [1.29, 1.82) is 0 Å². The molecule has 4 nitrogen and oxygen atoms in total. The second-order valence-electron chi connectivity index (χ2n) is 10.9. The molecule has 0 amide bonds. The molecular formula is C34H18O4. The van der Waals surface area contributed by atoms with Gasteiger partial charge in [0.2, 0.25) is 11.6 Å². The average molecular weight is 491 g/mol. The summed E-state index contributed by atoms with van der Waals surface area (Å²) in [4.78, 5) is 54.4. The van der Waals surface area contributed by atoms with E-state index in [0.29, 0.717) is 33.4 Å². The number of rotatable bonds is 0. The van der Waals surface area contributed by atoms with Crippen LogP contribution < -0.4 is 0 Å². The standard InChI is InChI=1S/C34H18O4/c35-23-13-21-22(14-24(23)36)28-20-12-6-5-11-19(20)27(21)31-32(28)34(38)30-26-16-8-2-1-7-15(16)25(29(30)33(31)37)17-9-3-4-10-18(17)26/h1-14,25-28H/t25?,26?,27-,28?/m0/s1. The van der Waals surface area contributed by atoms with Crippen molar-refractivity contribution in [2.24, 2.45) is 0 Å². The summed E-state index contributed by atoms with van der Waals surface area (Å²) in [6, 6.07) is 24.1. The second kappa shape index (κ2) is 6.59. The fourth-order valence-electron chi connectivity index (χ4n) is 8.04. The first kappa shape index (κ1) is 20.4. The van der Waals surface area contributed by atoms with Crippen LogP contribution in [-0.2, 0) is 19.2 Å². The number of carbonyl (C=O) groups is 4. The molecule has 3 aromatic rings. The van der Waals surface area contributed by atoms with Gasteiger partial charge >= 0.3 is 0 Å². The molecule has 3 aromatic carbocycles. The van der Waals surface area contributed by atoms with Crippen LogP contribution in [0.25, 0.3) is 0 Å². The third kappa shape index (κ3) is 2.12. The number of allylic oxidation sites excluding steroid dienone is 8. The van der Waals surface area contributed by atoms with Gasteiger partial charge in [0.05, 0.1) is 0 Å². The van der Waals surface area contributed by atoms with Crippen molar-refractivity contribution < 1.29 is 19.2 Å². The molecule has 4 bridgehead atoms. The summed E-state index contributed by atoms with van der Waals surface area (Å²) in [5.41, 5.74) is 9.74. The summed E-state index contributed by atoms with van der Waals surface area (Å²) in [5.74, 6) is -3.03. The van der Waals surface area contributed by atoms with Gasteiger partial charge in [-0.25, -0.2) is 0 Å². The molecule has 0 N–H and O–H groups in total. The first-order valence-electron chi connectivity index (χ1n) is 12.9. The molecule has 0 radical (unpaired) electrons. The molecule has 0 spiro atoms. The monoisotopic (exact) mass is 490 g/mol. The third-order valence-electron chi connectivity index (χ3n) is 9.34. The molecule has 4 heteroatoms. The SMILES string of the molecule is O=C1C=C2C(=CC1=O)[C@H]1C3=C(C(=O)C4=C(C3=O)C3c5ccccc5C4c4ccccc43)C2c2ccccc21. The van der Waals surface area contributed by atoms with Crippen molar-refractivity contribution in [3.63, 3.8) is 0 Å². The number of hydrogen-bond acceptors (Lipinski definition) is 4. The highest BCUT2D eigenvalue weighted by Gasteiger charge is 2.57. The van der Waals surface area contributed by atoms with Crippen molar-refractivity contribution in [2.45, 2.75) is 23.7 Å². The van der Waals surface area contributed by atoms with Crippen LogP contribution in [0.1, 0.15) is 57.1 Å². The van der Waals surface area contributed by atoms with Gasteiger partial charge in [0.1, 0.15) is 0 Å². The first-order chi connectivity index (χ1) is 18.6. The summed E-state index contributed by atoms with van der Waals surface area (Å²) in [6.45, 7) is 0. The van der Waals surface area contributed by atoms with Crippen LogP contribution in [0.4, 0.5) is 0 Å². The molecule has 1 unspecified atom stereocenters. The lowest BCUT2D eigenvalue weighted by molar-refractivity contribution is -0.131. The van der Waals surface area contributed by atoms with Gasteiger partial charge in [0.15, 0.2) is 11.6 Å². The lowest BCUT2D eigenvalue weighted by Crippen LogP contribution is -2.45. The van der Waals surface area contributed by atoms with Gasteiger partial charge in [-0.2, -0.15) is 0 Å². The van der Waals surface area contributed by atoms with E-state index < -0.39 is 23.4 Å². The van der Waals surface area contributed by atoms with Crippen LogP contribution in [0.3, 0.4) is 0 Å². The Morgan fingerprint density at radius 2 is 0.632 bits per heavy atom. The highest BCUT2D eigenvalue weighted by atomic mass is 16.2. The maximum absolute atomic E-state index is 14.7. The minimum absolute atomic E-state index is 0.0950. The van der Waals surface area contributed by atoms with Crippen molar-refractivity contribution in [1.82, 2.24) is 0 Å². The quantitative estimate of drug-likeness (QED) is 0.255. The summed E-state index contributed by atoms with van der Waals surface area (Å²) in [7, 11) is 0. The topological polar surface area (TPSA) is 68.3 Å². The van der Waals surface area contributed by atoms with Crippen LogP contribution in [0.15, 0.2) is 118 Å². The van der Waals surface area contributed by atoms with Gasteiger partial charge in [-0.1, -0.05) is 72.8 Å². The minimum Gasteiger partial charge on any atom is -0.289 e. The Balaban J connectivity index is 1.35. The summed E-state index contributed by atoms with van der Waals surface area (Å²) < 4.78 is 0. The number of carbonyl (C=O) groups excluding carboxylic acids is 4. The summed E-state index contributed by atoms with van der Waals surface area (Å²) in [6.07, 6.45) is 2.79. The van der Waals surface area contributed by atoms with Gasteiger partial charge in [-0.05, 0) is 56.7 Å². The zero-order valence-corrected chi connectivity index (χ0v) is 20.0. The van der Waals surface area contributed by atoms with E-state index in [1.165, 1.54) is 12.2 Å². The molecule has 0 aliphatic heterocycles. The molecule has 8 aliphatic carbocycles. The molecule has 0 saturated heterocycles. The summed E-state index contributed by atoms with van der Waals surface area (Å²) in [5, 5.41) is 0. The zero-order valence-electron chi connectivity index (χ0n) is 20.0. The Hall–Kier alpha value is -4.70. The Morgan fingerprint density at radius 1 is 0.368 bits per heavy atom. The van der Waals surface area contributed by atoms with Gasteiger partial charge < -0.3 is 0 Å². The van der Waals surface area contributed by atoms with Crippen molar-refractivity contribution in [2.75, 3.05) is 0 Å². The maximum atomic E-state index is 14.7. The minimum atomic E-state index is -0.579. The molecule has 0 fully saturated rings. The van der Waals surface area contributed by atoms with Crippen LogP contribution in [0.2, 0.25) is 0 Å². The molecule has 0 aromatic heterocycles. The zero-order chi connectivity index (χ0) is 25.4. The number of ketones is 4. The first-order valence-corrected chi connectivity index (χ1v) is 12.9. The largest absolute Gasteiger partial charge is 0.289 e. The predicted octanol–water partition coefficient (Wildman–Crippen LogP) is 4.92. The number of Topliss-reactive ketones (excluding diaryl/α,β-unsaturated/α-hetero) is 2. The molecule has 11 rings (SSSR count). The molecule has 8 aliphatic rings. The molecule has 38 heavy (non-hydrogen) atoms. The average Bonchev–Trinajstić information content (AvgIpc) is 2.95. The Bertz CT molecular complexity index is 1730. The summed E-state index contributed by atoms with van der Waals surface area (Å²) >= 11 is 0. The van der Waals surface area contributed by atoms with E-state index in [1.807, 2.05) is 48.5 Å². The number of benzene rings is 3. The van der Waals surface area contributed by atoms with E-state index >= 15 is 0 Å². The fraction of sp³-hybridized carbons (Fsp3) is 0.118. The fourth-order valence-corrected chi connectivity index (χ4v) is 8.04. The van der Waals surface area contributed by atoms with E-state index in [9.17, 15) is 19.2 Å². The highest BCUT2D eigenvalue weighted by molar-refractivity contribution is 6.47. The molecule has 2 atom stereocenters. The van der Waals surface area contributed by atoms with Gasteiger partial charge in [0.25, 0.3) is 0 Å². The Labute approximate surface area is 217 Å². The lowest BCUT2D eigenvalue weighted by Gasteiger charge is -2.50. The molecule has 178 valence electrons. The van der Waals surface area contributed by atoms with E-state index in [-0.39, 0.29) is 23.4 Å². The Kier molecular flexibility index (Phi) is 3.53. The van der Waals surface area contributed by atoms with Crippen molar-refractivity contribution >= 4 is 23.1 Å².